The van der Waals surface area contributed by atoms with Crippen molar-refractivity contribution in [3.63, 3.8) is 0 Å². The van der Waals surface area contributed by atoms with E-state index in [4.69, 9.17) is 15.6 Å². The lowest BCUT2D eigenvalue weighted by Crippen LogP contribution is -2.31. The van der Waals surface area contributed by atoms with Crippen LogP contribution >= 0.6 is 0 Å². The highest BCUT2D eigenvalue weighted by Crippen LogP contribution is 2.32. The number of aromatic hydroxyl groups is 1. The molecule has 0 aliphatic carbocycles. The van der Waals surface area contributed by atoms with Crippen LogP contribution in [0.4, 0.5) is 11.5 Å². The number of ether oxygens (including phenoxy) is 1. The first-order valence-corrected chi connectivity index (χ1v) is 10.9. The Hall–Kier alpha value is -4.40. The minimum atomic E-state index is -0.213. The molecule has 3 N–H and O–H groups in total. The Balaban J connectivity index is 1.71. The van der Waals surface area contributed by atoms with Gasteiger partial charge in [0.05, 0.1) is 17.5 Å². The van der Waals surface area contributed by atoms with Gasteiger partial charge in [-0.1, -0.05) is 24.8 Å². The molecule has 4 aromatic rings. The Morgan fingerprint density at radius 1 is 1.24 bits per heavy atom. The molecule has 2 aromatic heterocycles. The molecule has 0 saturated heterocycles. The Bertz CT molecular complexity index is 1330. The molecule has 0 aliphatic heterocycles. The number of phenolic OH excluding ortho intramolecular Hbond substituents is 1. The molecule has 2 heterocycles. The molecule has 0 spiro atoms. The van der Waals surface area contributed by atoms with Crippen LogP contribution in [0, 0.1) is 0 Å². The lowest BCUT2D eigenvalue weighted by molar-refractivity contribution is -0.114. The van der Waals surface area contributed by atoms with E-state index in [0.29, 0.717) is 41.1 Å². The third-order valence-corrected chi connectivity index (χ3v) is 5.19. The second kappa shape index (κ2) is 9.62. The molecule has 0 atom stereocenters. The number of hydrogen-bond acceptors (Lipinski definition) is 7. The number of phenols is 1. The smallest absolute Gasteiger partial charge is 0.250 e. The predicted molar refractivity (Wildman–Crippen MR) is 131 cm³/mol. The summed E-state index contributed by atoms with van der Waals surface area (Å²) in [5.74, 6) is 0.405. The van der Waals surface area contributed by atoms with E-state index in [0.717, 1.165) is 5.69 Å². The molecular weight excluding hydrogens is 432 g/mol. The number of nitrogen functional groups attached to an aromatic ring is 1. The lowest BCUT2D eigenvalue weighted by atomic mass is 10.2. The highest BCUT2D eigenvalue weighted by atomic mass is 16.5. The van der Waals surface area contributed by atoms with Crippen molar-refractivity contribution in [3.05, 3.63) is 73.2 Å². The van der Waals surface area contributed by atoms with Gasteiger partial charge in [0.15, 0.2) is 17.3 Å². The third-order valence-electron chi connectivity index (χ3n) is 5.19. The monoisotopic (exact) mass is 458 g/mol. The van der Waals surface area contributed by atoms with Crippen LogP contribution in [0.2, 0.25) is 0 Å². The van der Waals surface area contributed by atoms with Crippen molar-refractivity contribution in [2.24, 2.45) is 0 Å². The fourth-order valence-electron chi connectivity index (χ4n) is 3.68. The summed E-state index contributed by atoms with van der Waals surface area (Å²) in [7, 11) is 0. The molecule has 174 valence electrons. The SMILES string of the molecule is C=CC(=O)N(CCc1nn(-c2ccc(OC(C)C)c(O)c2)c2c(N)ncnc12)c1ccccc1. The summed E-state index contributed by atoms with van der Waals surface area (Å²) in [6.07, 6.45) is 3.00. The van der Waals surface area contributed by atoms with Gasteiger partial charge in [0.2, 0.25) is 5.91 Å². The van der Waals surface area contributed by atoms with Crippen LogP contribution in [0.25, 0.3) is 16.7 Å². The van der Waals surface area contributed by atoms with E-state index < -0.39 is 0 Å². The summed E-state index contributed by atoms with van der Waals surface area (Å²) in [5, 5.41) is 15.2. The van der Waals surface area contributed by atoms with Crippen molar-refractivity contribution in [3.8, 4) is 17.2 Å². The Morgan fingerprint density at radius 2 is 2.00 bits per heavy atom. The van der Waals surface area contributed by atoms with E-state index in [2.05, 4.69) is 16.5 Å². The van der Waals surface area contributed by atoms with Gasteiger partial charge in [0.1, 0.15) is 17.4 Å². The number of rotatable bonds is 8. The summed E-state index contributed by atoms with van der Waals surface area (Å²) in [6.45, 7) is 7.74. The first kappa shape index (κ1) is 22.8. The van der Waals surface area contributed by atoms with E-state index >= 15 is 0 Å². The van der Waals surface area contributed by atoms with Gasteiger partial charge in [-0.15, -0.1) is 0 Å². The number of fused-ring (bicyclic) bond motifs is 1. The van der Waals surface area contributed by atoms with E-state index in [1.54, 1.807) is 27.8 Å². The molecule has 9 nitrogen and oxygen atoms in total. The number of nitrogens with zero attached hydrogens (tertiary/aromatic N) is 5. The molecule has 2 aromatic carbocycles. The predicted octanol–water partition coefficient (Wildman–Crippen LogP) is 3.65. The van der Waals surface area contributed by atoms with E-state index in [-0.39, 0.29) is 23.6 Å². The van der Waals surface area contributed by atoms with Gasteiger partial charge in [0.25, 0.3) is 0 Å². The van der Waals surface area contributed by atoms with E-state index in [1.165, 1.54) is 12.4 Å². The summed E-state index contributed by atoms with van der Waals surface area (Å²) in [4.78, 5) is 22.7. The maximum absolute atomic E-state index is 12.5. The van der Waals surface area contributed by atoms with Gasteiger partial charge in [-0.25, -0.2) is 14.6 Å². The number of hydrogen-bond donors (Lipinski definition) is 2. The summed E-state index contributed by atoms with van der Waals surface area (Å²) >= 11 is 0. The fourth-order valence-corrected chi connectivity index (χ4v) is 3.68. The van der Waals surface area contributed by atoms with Crippen molar-refractivity contribution >= 4 is 28.4 Å². The zero-order valence-electron chi connectivity index (χ0n) is 19.0. The Morgan fingerprint density at radius 3 is 2.68 bits per heavy atom. The fraction of sp³-hybridized carbons (Fsp3) is 0.200. The zero-order valence-corrected chi connectivity index (χ0v) is 19.0. The minimum absolute atomic E-state index is 0.0151. The topological polar surface area (TPSA) is 119 Å². The molecular formula is C25H26N6O3. The minimum Gasteiger partial charge on any atom is -0.504 e. The molecule has 0 aliphatic rings. The first-order chi connectivity index (χ1) is 16.4. The Kier molecular flexibility index (Phi) is 6.44. The van der Waals surface area contributed by atoms with Gasteiger partial charge < -0.3 is 20.5 Å². The lowest BCUT2D eigenvalue weighted by Gasteiger charge is -2.20. The maximum atomic E-state index is 12.5. The number of benzene rings is 2. The van der Waals surface area contributed by atoms with Crippen LogP contribution in [0.15, 0.2) is 67.5 Å². The zero-order chi connectivity index (χ0) is 24.2. The number of para-hydroxylation sites is 1. The van der Waals surface area contributed by atoms with E-state index in [9.17, 15) is 9.90 Å². The van der Waals surface area contributed by atoms with Crippen LogP contribution in [-0.2, 0) is 11.2 Å². The molecule has 1 amide bonds. The Labute approximate surface area is 197 Å². The summed E-state index contributed by atoms with van der Waals surface area (Å²) < 4.78 is 7.22. The summed E-state index contributed by atoms with van der Waals surface area (Å²) in [5.41, 5.74) is 9.26. The third kappa shape index (κ3) is 4.54. The molecule has 9 heteroatoms. The number of nitrogens with two attached hydrogens (primary N) is 1. The van der Waals surface area contributed by atoms with Gasteiger partial charge in [-0.2, -0.15) is 5.10 Å². The van der Waals surface area contributed by atoms with Gasteiger partial charge in [-0.05, 0) is 44.2 Å². The largest absolute Gasteiger partial charge is 0.504 e. The van der Waals surface area contributed by atoms with Crippen molar-refractivity contribution in [2.75, 3.05) is 17.2 Å². The molecule has 0 bridgehead atoms. The van der Waals surface area contributed by atoms with Crippen molar-refractivity contribution in [2.45, 2.75) is 26.4 Å². The average molecular weight is 459 g/mol. The molecule has 4 rings (SSSR count). The number of amides is 1. The molecule has 0 radical (unpaired) electrons. The second-order valence-electron chi connectivity index (χ2n) is 7.91. The van der Waals surface area contributed by atoms with E-state index in [1.807, 2.05) is 44.2 Å². The van der Waals surface area contributed by atoms with Crippen LogP contribution in [0.5, 0.6) is 11.5 Å². The summed E-state index contributed by atoms with van der Waals surface area (Å²) in [6, 6.07) is 14.4. The van der Waals surface area contributed by atoms with Crippen LogP contribution in [0.1, 0.15) is 19.5 Å². The quantitative estimate of drug-likeness (QED) is 0.387. The first-order valence-electron chi connectivity index (χ1n) is 10.9. The van der Waals surface area contributed by atoms with Gasteiger partial charge in [0, 0.05) is 24.7 Å². The number of carbonyl (C=O) groups excluding carboxylic acids is 1. The van der Waals surface area contributed by atoms with Crippen LogP contribution in [-0.4, -0.2) is 43.4 Å². The molecule has 0 fully saturated rings. The number of aromatic nitrogens is 4. The normalized spacial score (nSPS) is 11.0. The molecule has 0 saturated carbocycles. The van der Waals surface area contributed by atoms with Gasteiger partial charge in [-0.3, -0.25) is 4.79 Å². The van der Waals surface area contributed by atoms with Crippen LogP contribution < -0.4 is 15.4 Å². The number of carbonyl (C=O) groups is 1. The highest BCUT2D eigenvalue weighted by Gasteiger charge is 2.20. The van der Waals surface area contributed by atoms with Crippen molar-refractivity contribution < 1.29 is 14.6 Å². The van der Waals surface area contributed by atoms with Crippen molar-refractivity contribution in [1.82, 2.24) is 19.7 Å². The molecule has 0 unspecified atom stereocenters. The molecule has 34 heavy (non-hydrogen) atoms. The number of anilines is 2. The van der Waals surface area contributed by atoms with Gasteiger partial charge >= 0.3 is 0 Å². The standard InChI is InChI=1S/C25H26N6O3/c1-4-22(33)30(17-8-6-5-7-9-17)13-12-19-23-24(25(26)28-15-27-23)31(29-19)18-10-11-21(20(32)14-18)34-16(2)3/h4-11,14-16,32H,1,12-13H2,2-3H3,(H2,26,27,28). The average Bonchev–Trinajstić information content (AvgIpc) is 3.21. The van der Waals surface area contributed by atoms with Crippen LogP contribution in [0.3, 0.4) is 0 Å². The van der Waals surface area contributed by atoms with Crippen molar-refractivity contribution in [1.29, 1.82) is 0 Å². The maximum Gasteiger partial charge on any atom is 0.250 e. The highest BCUT2D eigenvalue weighted by molar-refractivity contribution is 6.01. The second-order valence-corrected chi connectivity index (χ2v) is 7.91.